The van der Waals surface area contributed by atoms with Gasteiger partial charge in [0.15, 0.2) is 5.78 Å². The van der Waals surface area contributed by atoms with Crippen LogP contribution in [0.1, 0.15) is 16.6 Å². The summed E-state index contributed by atoms with van der Waals surface area (Å²) in [6.07, 6.45) is 1.66. The van der Waals surface area contributed by atoms with Gasteiger partial charge in [0, 0.05) is 18.5 Å². The molecule has 0 saturated carbocycles. The molecule has 5 heteroatoms. The summed E-state index contributed by atoms with van der Waals surface area (Å²) >= 11 is 10.8. The fourth-order valence-electron chi connectivity index (χ4n) is 1.19. The van der Waals surface area contributed by atoms with Crippen LogP contribution in [-0.2, 0) is 0 Å². The Balaban J connectivity index is 2.86. The molecule has 2 aromatic heterocycles. The highest BCUT2D eigenvalue weighted by atomic mass is 79.9. The zero-order valence-electron chi connectivity index (χ0n) is 7.17. The number of hydrogen-bond donors (Lipinski definition) is 0. The van der Waals surface area contributed by atoms with Gasteiger partial charge in [0.25, 0.3) is 0 Å². The van der Waals surface area contributed by atoms with E-state index in [0.29, 0.717) is 9.90 Å². The third kappa shape index (κ3) is 1.47. The number of thiophene rings is 1. The summed E-state index contributed by atoms with van der Waals surface area (Å²) in [5, 5.41) is 1.41. The Morgan fingerprint density at radius 3 is 2.93 bits per heavy atom. The number of Topliss-reactive ketones (excluding diaryl/α,β-unsaturated/α-hetero) is 1. The van der Waals surface area contributed by atoms with Crippen LogP contribution in [0.15, 0.2) is 16.9 Å². The first-order valence-electron chi connectivity index (χ1n) is 3.84. The molecule has 0 atom stereocenters. The quantitative estimate of drug-likeness (QED) is 0.588. The molecule has 2 rings (SSSR count). The van der Waals surface area contributed by atoms with Gasteiger partial charge in [-0.05, 0) is 22.0 Å². The van der Waals surface area contributed by atoms with Crippen LogP contribution in [0.3, 0.4) is 0 Å². The van der Waals surface area contributed by atoms with Crippen molar-refractivity contribution in [2.45, 2.75) is 6.92 Å². The Kier molecular flexibility index (Phi) is 2.60. The van der Waals surface area contributed by atoms with Gasteiger partial charge < -0.3 is 0 Å². The van der Waals surface area contributed by atoms with Crippen LogP contribution < -0.4 is 0 Å². The van der Waals surface area contributed by atoms with E-state index in [2.05, 4.69) is 20.9 Å². The Hall–Kier alpha value is -0.450. The van der Waals surface area contributed by atoms with Crippen molar-refractivity contribution in [1.29, 1.82) is 0 Å². The first-order chi connectivity index (χ1) is 6.61. The van der Waals surface area contributed by atoms with E-state index in [-0.39, 0.29) is 5.78 Å². The van der Waals surface area contributed by atoms with Crippen molar-refractivity contribution in [3.63, 3.8) is 0 Å². The fourth-order valence-corrected chi connectivity index (χ4v) is 3.19. The number of rotatable bonds is 1. The molecule has 0 aliphatic rings. The Morgan fingerprint density at radius 2 is 2.36 bits per heavy atom. The molecule has 0 N–H and O–H groups in total. The van der Waals surface area contributed by atoms with Crippen molar-refractivity contribution >= 4 is 54.7 Å². The van der Waals surface area contributed by atoms with Crippen molar-refractivity contribution in [3.8, 4) is 0 Å². The van der Waals surface area contributed by atoms with Crippen LogP contribution in [0.25, 0.3) is 10.1 Å². The molecule has 2 aromatic rings. The molecule has 2 nitrogen and oxygen atoms in total. The molecule has 0 amide bonds. The van der Waals surface area contributed by atoms with E-state index in [1.807, 2.05) is 6.07 Å². The number of carbonyl (C=O) groups excluding carboxylic acids is 1. The maximum absolute atomic E-state index is 11.2. The summed E-state index contributed by atoms with van der Waals surface area (Å²) < 4.78 is 1.65. The Labute approximate surface area is 98.0 Å². The number of halogens is 2. The van der Waals surface area contributed by atoms with Gasteiger partial charge in [-0.3, -0.25) is 4.79 Å². The minimum absolute atomic E-state index is 0.0110. The minimum atomic E-state index is -0.0110. The largest absolute Gasteiger partial charge is 0.294 e. The minimum Gasteiger partial charge on any atom is -0.294 e. The number of ketones is 1. The van der Waals surface area contributed by atoms with Gasteiger partial charge in [-0.15, -0.1) is 11.3 Å². The van der Waals surface area contributed by atoms with Crippen molar-refractivity contribution in [3.05, 3.63) is 26.8 Å². The molecule has 0 unspecified atom stereocenters. The molecule has 0 aliphatic carbocycles. The molecular weight excluding hydrogens is 286 g/mol. The van der Waals surface area contributed by atoms with Gasteiger partial charge in [-0.25, -0.2) is 4.98 Å². The predicted octanol–water partition coefficient (Wildman–Crippen LogP) is 3.91. The summed E-state index contributed by atoms with van der Waals surface area (Å²) in [7, 11) is 0. The van der Waals surface area contributed by atoms with E-state index in [4.69, 9.17) is 11.6 Å². The van der Waals surface area contributed by atoms with Crippen LogP contribution in [0.5, 0.6) is 0 Å². The van der Waals surface area contributed by atoms with E-state index in [1.54, 1.807) is 6.20 Å². The Bertz CT molecular complexity index is 523. The lowest BCUT2D eigenvalue weighted by Gasteiger charge is -1.90. The van der Waals surface area contributed by atoms with Gasteiger partial charge in [-0.1, -0.05) is 11.6 Å². The topological polar surface area (TPSA) is 30.0 Å². The maximum Gasteiger partial charge on any atom is 0.171 e. The van der Waals surface area contributed by atoms with E-state index >= 15 is 0 Å². The Morgan fingerprint density at radius 1 is 1.64 bits per heavy atom. The molecule has 14 heavy (non-hydrogen) atoms. The molecule has 72 valence electrons. The van der Waals surface area contributed by atoms with Crippen molar-refractivity contribution in [2.24, 2.45) is 0 Å². The summed E-state index contributed by atoms with van der Waals surface area (Å²) in [6, 6.07) is 1.81. The molecule has 0 radical (unpaired) electrons. The lowest BCUT2D eigenvalue weighted by Crippen LogP contribution is -1.85. The number of carbonyl (C=O) groups is 1. The zero-order valence-corrected chi connectivity index (χ0v) is 10.3. The van der Waals surface area contributed by atoms with Gasteiger partial charge >= 0.3 is 0 Å². The van der Waals surface area contributed by atoms with Crippen LogP contribution in [0.4, 0.5) is 0 Å². The third-order valence-electron chi connectivity index (χ3n) is 1.82. The molecule has 0 bridgehead atoms. The first-order valence-corrected chi connectivity index (χ1v) is 5.83. The zero-order chi connectivity index (χ0) is 10.3. The number of nitrogens with zero attached hydrogens (tertiary/aromatic N) is 1. The lowest BCUT2D eigenvalue weighted by atomic mass is 10.3. The van der Waals surface area contributed by atoms with Crippen LogP contribution >= 0.6 is 38.9 Å². The van der Waals surface area contributed by atoms with Crippen LogP contribution in [0, 0.1) is 0 Å². The second kappa shape index (κ2) is 3.61. The molecule has 2 heterocycles. The average Bonchev–Trinajstić information content (AvgIpc) is 2.46. The van der Waals surface area contributed by atoms with Gasteiger partial charge in [0.1, 0.15) is 4.60 Å². The van der Waals surface area contributed by atoms with E-state index < -0.39 is 0 Å². The van der Waals surface area contributed by atoms with E-state index in [0.717, 1.165) is 14.7 Å². The highest BCUT2D eigenvalue weighted by Gasteiger charge is 2.15. The fraction of sp³-hybridized carbons (Fsp3) is 0.111. The van der Waals surface area contributed by atoms with E-state index in [1.165, 1.54) is 18.3 Å². The lowest BCUT2D eigenvalue weighted by molar-refractivity contribution is 0.102. The molecular formula is C9H5BrClNOS. The smallest absolute Gasteiger partial charge is 0.171 e. The van der Waals surface area contributed by atoms with Crippen LogP contribution in [0.2, 0.25) is 5.02 Å². The van der Waals surface area contributed by atoms with E-state index in [9.17, 15) is 4.79 Å². The summed E-state index contributed by atoms with van der Waals surface area (Å²) in [5.74, 6) is -0.0110. The standard InChI is InChI=1S/C9H5BrClNOS/c1-4(13)7-6(11)5-2-3-12-9(10)8(5)14-7/h2-3H,1H3. The summed E-state index contributed by atoms with van der Waals surface area (Å²) in [6.45, 7) is 1.51. The number of aromatic nitrogens is 1. The molecule has 0 saturated heterocycles. The van der Waals surface area contributed by atoms with Crippen molar-refractivity contribution in [1.82, 2.24) is 4.98 Å². The SMILES string of the molecule is CC(=O)c1sc2c(Br)nccc2c1Cl. The van der Waals surface area contributed by atoms with Gasteiger partial charge in [0.05, 0.1) is 14.6 Å². The van der Waals surface area contributed by atoms with Crippen molar-refractivity contribution in [2.75, 3.05) is 0 Å². The monoisotopic (exact) mass is 289 g/mol. The second-order valence-corrected chi connectivity index (χ2v) is 4.93. The molecule has 0 aromatic carbocycles. The average molecular weight is 291 g/mol. The highest BCUT2D eigenvalue weighted by Crippen LogP contribution is 2.38. The second-order valence-electron chi connectivity index (χ2n) is 2.78. The number of fused-ring (bicyclic) bond motifs is 1. The van der Waals surface area contributed by atoms with Crippen molar-refractivity contribution < 1.29 is 4.79 Å². The first kappa shape index (κ1) is 10.1. The summed E-state index contributed by atoms with van der Waals surface area (Å²) in [4.78, 5) is 15.9. The van der Waals surface area contributed by atoms with Crippen LogP contribution in [-0.4, -0.2) is 10.8 Å². The number of hydrogen-bond acceptors (Lipinski definition) is 3. The molecule has 0 spiro atoms. The normalized spacial score (nSPS) is 10.8. The maximum atomic E-state index is 11.2. The molecule has 0 fully saturated rings. The highest BCUT2D eigenvalue weighted by molar-refractivity contribution is 9.10. The number of pyridine rings is 1. The molecule has 0 aliphatic heterocycles. The van der Waals surface area contributed by atoms with Gasteiger partial charge in [0.2, 0.25) is 0 Å². The third-order valence-corrected chi connectivity index (χ3v) is 4.50. The van der Waals surface area contributed by atoms with Gasteiger partial charge in [-0.2, -0.15) is 0 Å². The predicted molar refractivity (Wildman–Crippen MR) is 62.3 cm³/mol. The summed E-state index contributed by atoms with van der Waals surface area (Å²) in [5.41, 5.74) is 0.